The maximum Gasteiger partial charge on any atom is 0.506 e. The van der Waals surface area contributed by atoms with Gasteiger partial charge in [0.2, 0.25) is 5.91 Å². The number of rotatable bonds is 13. The lowest BCUT2D eigenvalue weighted by Crippen LogP contribution is -2.30. The van der Waals surface area contributed by atoms with E-state index < -0.39 is 12.0 Å². The van der Waals surface area contributed by atoms with Crippen molar-refractivity contribution in [1.29, 1.82) is 0 Å². The number of nitrogens with one attached hydrogen (secondary N) is 2. The third kappa shape index (κ3) is 7.28. The molecule has 0 fully saturated rings. The summed E-state index contributed by atoms with van der Waals surface area (Å²) in [6.45, 7) is 4.00. The molecule has 0 saturated carbocycles. The molecule has 3 aromatic rings. The van der Waals surface area contributed by atoms with Crippen molar-refractivity contribution in [3.8, 4) is 11.4 Å². The number of carbonyl (C=O) groups excluding carboxylic acids is 1. The number of allylic oxidation sites excluding steroid dienone is 1. The second-order valence-electron chi connectivity index (χ2n) is 10.3. The summed E-state index contributed by atoms with van der Waals surface area (Å²) >= 11 is 0. The number of fused-ring (bicyclic) bond motifs is 4. The average molecular weight is 598 g/mol. The molecule has 1 aliphatic rings. The van der Waals surface area contributed by atoms with Crippen molar-refractivity contribution in [2.24, 2.45) is 11.6 Å². The molecule has 0 saturated heterocycles. The number of benzene rings is 1. The standard InChI is InChI=1S/C29H36FN7O6/c1-16-8-25-27-21(12-37(25)28(39)22(16)13-43-29(40)41)20(19-7-17(2)23(30)9-24(19)35-27)11-36(32)10-18(31)5-4-6-34-26(38)14-42-15-33-3/h7-10,33H,4-6,11-15,31-32H2,1-3H3,(H,34,38)(H,40,41)/b18-10-. The minimum absolute atomic E-state index is 0.0384. The highest BCUT2D eigenvalue weighted by molar-refractivity contribution is 5.88. The van der Waals surface area contributed by atoms with Crippen LogP contribution in [0.3, 0.4) is 0 Å². The highest BCUT2D eigenvalue weighted by Crippen LogP contribution is 2.37. The minimum Gasteiger partial charge on any atom is -0.450 e. The molecule has 43 heavy (non-hydrogen) atoms. The molecule has 230 valence electrons. The normalized spacial score (nSPS) is 12.3. The van der Waals surface area contributed by atoms with Gasteiger partial charge in [-0.2, -0.15) is 0 Å². The number of aromatic nitrogens is 2. The Bertz CT molecular complexity index is 1640. The number of aryl methyl sites for hydroxylation is 2. The molecule has 0 aliphatic carbocycles. The summed E-state index contributed by atoms with van der Waals surface area (Å²) in [6.07, 6.45) is 1.19. The first-order valence-corrected chi connectivity index (χ1v) is 13.7. The molecule has 2 aromatic heterocycles. The molecule has 1 aliphatic heterocycles. The number of nitrogens with two attached hydrogens (primary N) is 2. The number of pyridine rings is 2. The minimum atomic E-state index is -1.48. The zero-order valence-electron chi connectivity index (χ0n) is 24.3. The van der Waals surface area contributed by atoms with E-state index in [4.69, 9.17) is 26.4 Å². The van der Waals surface area contributed by atoms with Crippen LogP contribution in [0.5, 0.6) is 0 Å². The van der Waals surface area contributed by atoms with Crippen LogP contribution in [0.25, 0.3) is 22.3 Å². The number of nitrogens with zero attached hydrogens (tertiary/aromatic N) is 3. The molecule has 0 radical (unpaired) electrons. The van der Waals surface area contributed by atoms with Crippen molar-refractivity contribution in [3.63, 3.8) is 0 Å². The largest absolute Gasteiger partial charge is 0.506 e. The van der Waals surface area contributed by atoms with Crippen LogP contribution in [0.15, 0.2) is 34.9 Å². The van der Waals surface area contributed by atoms with Crippen LogP contribution < -0.4 is 27.8 Å². The molecule has 3 heterocycles. The Kier molecular flexibility index (Phi) is 9.95. The van der Waals surface area contributed by atoms with Gasteiger partial charge in [0, 0.05) is 35.5 Å². The number of hydrazine groups is 1. The monoisotopic (exact) mass is 597 g/mol. The Morgan fingerprint density at radius 3 is 2.72 bits per heavy atom. The van der Waals surface area contributed by atoms with E-state index in [9.17, 15) is 18.8 Å². The van der Waals surface area contributed by atoms with E-state index in [1.807, 2.05) is 0 Å². The SMILES string of the molecule is CNCOCC(=O)NCCC/C(N)=C/N(N)Cc1c2c(nc3cc(F)c(C)cc13)-c1cc(C)c(COC(=O)O)c(=O)n1C2. The van der Waals surface area contributed by atoms with Crippen molar-refractivity contribution in [3.05, 3.63) is 74.1 Å². The van der Waals surface area contributed by atoms with Crippen molar-refractivity contribution >= 4 is 23.0 Å². The molecule has 1 aromatic carbocycles. The number of carboxylic acid groups (broad SMARTS) is 1. The van der Waals surface area contributed by atoms with Gasteiger partial charge in [-0.15, -0.1) is 0 Å². The molecule has 0 atom stereocenters. The van der Waals surface area contributed by atoms with Gasteiger partial charge in [-0.05, 0) is 62.6 Å². The molecule has 0 unspecified atom stereocenters. The molecule has 14 heteroatoms. The van der Waals surface area contributed by atoms with Crippen LogP contribution >= 0.6 is 0 Å². The highest BCUT2D eigenvalue weighted by Gasteiger charge is 2.28. The van der Waals surface area contributed by atoms with Gasteiger partial charge in [0.15, 0.2) is 0 Å². The first-order valence-electron chi connectivity index (χ1n) is 13.7. The van der Waals surface area contributed by atoms with Crippen molar-refractivity contribution < 1.29 is 28.6 Å². The zero-order valence-corrected chi connectivity index (χ0v) is 24.3. The fraction of sp³-hybridized carbons (Fsp3) is 0.379. The van der Waals surface area contributed by atoms with Gasteiger partial charge in [-0.3, -0.25) is 14.9 Å². The molecule has 0 spiro atoms. The van der Waals surface area contributed by atoms with Gasteiger partial charge in [-0.25, -0.2) is 20.0 Å². The summed E-state index contributed by atoms with van der Waals surface area (Å²) in [5.74, 6) is 5.75. The Morgan fingerprint density at radius 1 is 1.23 bits per heavy atom. The van der Waals surface area contributed by atoms with Crippen molar-refractivity contribution in [1.82, 2.24) is 25.2 Å². The molecule has 13 nitrogen and oxygen atoms in total. The van der Waals surface area contributed by atoms with Crippen LogP contribution in [0.2, 0.25) is 0 Å². The van der Waals surface area contributed by atoms with Crippen LogP contribution in [-0.2, 0) is 34.0 Å². The van der Waals surface area contributed by atoms with E-state index in [2.05, 4.69) is 15.4 Å². The fourth-order valence-electron chi connectivity index (χ4n) is 5.02. The predicted octanol–water partition coefficient (Wildman–Crippen LogP) is 1.94. The van der Waals surface area contributed by atoms with Crippen LogP contribution in [0.4, 0.5) is 9.18 Å². The lowest BCUT2D eigenvalue weighted by atomic mass is 9.98. The van der Waals surface area contributed by atoms with E-state index in [0.717, 1.165) is 11.1 Å². The molecular formula is C29H36FN7O6. The summed E-state index contributed by atoms with van der Waals surface area (Å²) in [6, 6.07) is 4.82. The first kappa shape index (κ1) is 31.4. The number of ether oxygens (including phenoxy) is 2. The fourth-order valence-corrected chi connectivity index (χ4v) is 5.02. The summed E-state index contributed by atoms with van der Waals surface area (Å²) in [7, 11) is 1.72. The second kappa shape index (κ2) is 13.6. The van der Waals surface area contributed by atoms with E-state index in [1.54, 1.807) is 39.2 Å². The topological polar surface area (TPSA) is 187 Å². The molecule has 7 N–H and O–H groups in total. The molecule has 1 amide bonds. The van der Waals surface area contributed by atoms with Crippen molar-refractivity contribution in [2.45, 2.75) is 46.4 Å². The predicted molar refractivity (Wildman–Crippen MR) is 157 cm³/mol. The summed E-state index contributed by atoms with van der Waals surface area (Å²) in [5.41, 5.74) is 10.5. The Hall–Kier alpha value is -4.53. The van der Waals surface area contributed by atoms with Gasteiger partial charge in [0.1, 0.15) is 19.0 Å². The first-order chi connectivity index (χ1) is 20.5. The van der Waals surface area contributed by atoms with Gasteiger partial charge in [-0.1, -0.05) is 0 Å². The van der Waals surface area contributed by atoms with Gasteiger partial charge in [0.25, 0.3) is 5.56 Å². The van der Waals surface area contributed by atoms with E-state index >= 15 is 0 Å². The summed E-state index contributed by atoms with van der Waals surface area (Å²) in [4.78, 5) is 40.8. The van der Waals surface area contributed by atoms with Gasteiger partial charge < -0.3 is 35.2 Å². The van der Waals surface area contributed by atoms with Crippen molar-refractivity contribution in [2.75, 3.05) is 26.9 Å². The smallest absolute Gasteiger partial charge is 0.450 e. The highest BCUT2D eigenvalue weighted by atomic mass is 19.1. The van der Waals surface area contributed by atoms with Gasteiger partial charge >= 0.3 is 6.16 Å². The Labute approximate surface area is 247 Å². The van der Waals surface area contributed by atoms with Crippen LogP contribution in [0, 0.1) is 19.7 Å². The number of halogens is 1. The maximum atomic E-state index is 14.6. The number of amides is 1. The Morgan fingerprint density at radius 2 is 2.00 bits per heavy atom. The second-order valence-corrected chi connectivity index (χ2v) is 10.3. The number of carbonyl (C=O) groups is 2. The van der Waals surface area contributed by atoms with Crippen LogP contribution in [-0.4, -0.2) is 58.7 Å². The molecule has 4 rings (SSSR count). The molecule has 0 bridgehead atoms. The van der Waals surface area contributed by atoms with Gasteiger partial charge in [0.05, 0.1) is 42.3 Å². The zero-order chi connectivity index (χ0) is 31.3. The Balaban J connectivity index is 1.59. The average Bonchev–Trinajstić information content (AvgIpc) is 3.30. The lowest BCUT2D eigenvalue weighted by molar-refractivity contribution is -0.125. The third-order valence-corrected chi connectivity index (χ3v) is 7.12. The quantitative estimate of drug-likeness (QED) is 0.0498. The van der Waals surface area contributed by atoms with Crippen LogP contribution in [0.1, 0.15) is 40.7 Å². The lowest BCUT2D eigenvalue weighted by Gasteiger charge is -2.19. The maximum absolute atomic E-state index is 14.6. The van der Waals surface area contributed by atoms with E-state index in [-0.39, 0.29) is 50.1 Å². The number of hydrogen-bond donors (Lipinski definition) is 5. The summed E-state index contributed by atoms with van der Waals surface area (Å²) in [5, 5.41) is 16.6. The summed E-state index contributed by atoms with van der Waals surface area (Å²) < 4.78 is 25.9. The van der Waals surface area contributed by atoms with E-state index in [1.165, 1.54) is 15.6 Å². The number of hydrogen-bond acceptors (Lipinski definition) is 10. The third-order valence-electron chi connectivity index (χ3n) is 7.12. The van der Waals surface area contributed by atoms with E-state index in [0.29, 0.717) is 58.5 Å². The molecular weight excluding hydrogens is 561 g/mol.